The Morgan fingerprint density at radius 3 is 2.78 bits per heavy atom. The van der Waals surface area contributed by atoms with Crippen LogP contribution < -0.4 is 0 Å². The SMILES string of the molecule is CCC(=O)C(C)SC#N. The highest BCUT2D eigenvalue weighted by atomic mass is 32.2. The second kappa shape index (κ2) is 4.39. The first-order valence-corrected chi connectivity index (χ1v) is 3.67. The molecule has 0 aliphatic carbocycles. The number of carbonyl (C=O) groups excluding carboxylic acids is 1. The van der Waals surface area contributed by atoms with Crippen LogP contribution in [0.1, 0.15) is 20.3 Å². The molecule has 0 N–H and O–H groups in total. The van der Waals surface area contributed by atoms with Crippen LogP contribution in [-0.4, -0.2) is 11.0 Å². The van der Waals surface area contributed by atoms with Crippen molar-refractivity contribution in [3.8, 4) is 5.40 Å². The molecule has 0 heterocycles. The number of nitriles is 1. The first-order valence-electron chi connectivity index (χ1n) is 2.79. The average molecular weight is 143 g/mol. The standard InChI is InChI=1S/C6H9NOS/c1-3-6(8)5(2)9-4-7/h5H,3H2,1-2H3. The van der Waals surface area contributed by atoms with E-state index >= 15 is 0 Å². The smallest absolute Gasteiger partial charge is 0.146 e. The number of thioether (sulfide) groups is 1. The van der Waals surface area contributed by atoms with E-state index in [2.05, 4.69) is 0 Å². The molecule has 0 rings (SSSR count). The van der Waals surface area contributed by atoms with Crippen LogP contribution in [0.5, 0.6) is 0 Å². The summed E-state index contributed by atoms with van der Waals surface area (Å²) in [5.74, 6) is 0.140. The molecule has 0 aliphatic heterocycles. The van der Waals surface area contributed by atoms with E-state index in [0.29, 0.717) is 6.42 Å². The number of thiocyanates is 1. The maximum absolute atomic E-state index is 10.7. The van der Waals surface area contributed by atoms with Crippen LogP contribution in [0.3, 0.4) is 0 Å². The zero-order chi connectivity index (χ0) is 7.28. The van der Waals surface area contributed by atoms with Crippen molar-refractivity contribution >= 4 is 17.5 Å². The Kier molecular flexibility index (Phi) is 4.16. The normalized spacial score (nSPS) is 12.1. The minimum atomic E-state index is -0.153. The fourth-order valence-corrected chi connectivity index (χ4v) is 0.888. The summed E-state index contributed by atoms with van der Waals surface area (Å²) in [5, 5.41) is 9.87. The summed E-state index contributed by atoms with van der Waals surface area (Å²) in [6.45, 7) is 3.55. The highest BCUT2D eigenvalue weighted by Gasteiger charge is 2.09. The third kappa shape index (κ3) is 3.15. The first kappa shape index (κ1) is 8.51. The average Bonchev–Trinajstić information content (AvgIpc) is 1.87. The Morgan fingerprint density at radius 1 is 1.89 bits per heavy atom. The number of rotatable bonds is 3. The molecule has 0 aliphatic rings. The fraction of sp³-hybridized carbons (Fsp3) is 0.667. The van der Waals surface area contributed by atoms with E-state index in [9.17, 15) is 4.79 Å². The Hall–Kier alpha value is -0.490. The quantitative estimate of drug-likeness (QED) is 0.563. The molecule has 9 heavy (non-hydrogen) atoms. The molecule has 0 saturated heterocycles. The van der Waals surface area contributed by atoms with E-state index in [4.69, 9.17) is 5.26 Å². The second-order valence-corrected chi connectivity index (χ2v) is 2.80. The molecule has 1 unspecified atom stereocenters. The highest BCUT2D eigenvalue weighted by Crippen LogP contribution is 2.09. The molecule has 1 atom stereocenters. The Balaban J connectivity index is 3.62. The molecule has 0 aromatic heterocycles. The van der Waals surface area contributed by atoms with E-state index in [1.807, 2.05) is 5.40 Å². The summed E-state index contributed by atoms with van der Waals surface area (Å²) in [6.07, 6.45) is 0.524. The number of ketones is 1. The maximum Gasteiger partial charge on any atom is 0.146 e. The molecule has 0 aromatic rings. The van der Waals surface area contributed by atoms with Gasteiger partial charge in [-0.1, -0.05) is 6.92 Å². The van der Waals surface area contributed by atoms with Gasteiger partial charge in [-0.25, -0.2) is 0 Å². The van der Waals surface area contributed by atoms with Crippen molar-refractivity contribution < 1.29 is 4.79 Å². The molecular weight excluding hydrogens is 134 g/mol. The van der Waals surface area contributed by atoms with Crippen LogP contribution in [-0.2, 0) is 4.79 Å². The third-order valence-corrected chi connectivity index (χ3v) is 1.75. The Labute approximate surface area is 59.2 Å². The largest absolute Gasteiger partial charge is 0.298 e. The molecule has 3 heteroatoms. The van der Waals surface area contributed by atoms with Crippen molar-refractivity contribution in [2.75, 3.05) is 0 Å². The summed E-state index contributed by atoms with van der Waals surface area (Å²) in [5.41, 5.74) is 0. The molecule has 0 radical (unpaired) electrons. The number of hydrogen-bond donors (Lipinski definition) is 0. The summed E-state index contributed by atoms with van der Waals surface area (Å²) in [6, 6.07) is 0. The van der Waals surface area contributed by atoms with Gasteiger partial charge in [-0.15, -0.1) is 0 Å². The summed E-state index contributed by atoms with van der Waals surface area (Å²) < 4.78 is 0. The van der Waals surface area contributed by atoms with Gasteiger partial charge < -0.3 is 0 Å². The highest BCUT2D eigenvalue weighted by molar-refractivity contribution is 8.04. The molecular formula is C6H9NOS. The van der Waals surface area contributed by atoms with Crippen molar-refractivity contribution in [1.82, 2.24) is 0 Å². The first-order chi connectivity index (χ1) is 4.22. The van der Waals surface area contributed by atoms with Gasteiger partial charge in [0.2, 0.25) is 0 Å². The number of hydrogen-bond acceptors (Lipinski definition) is 3. The summed E-state index contributed by atoms with van der Waals surface area (Å²) >= 11 is 1.02. The zero-order valence-electron chi connectivity index (χ0n) is 5.55. The van der Waals surface area contributed by atoms with Gasteiger partial charge in [-0.2, -0.15) is 5.26 Å². The van der Waals surface area contributed by atoms with Gasteiger partial charge in [0.05, 0.1) is 5.25 Å². The van der Waals surface area contributed by atoms with E-state index in [1.54, 1.807) is 13.8 Å². The summed E-state index contributed by atoms with van der Waals surface area (Å²) in [7, 11) is 0. The van der Waals surface area contributed by atoms with Crippen molar-refractivity contribution in [3.05, 3.63) is 0 Å². The molecule has 0 fully saturated rings. The van der Waals surface area contributed by atoms with Crippen LogP contribution in [0.15, 0.2) is 0 Å². The molecule has 0 aromatic carbocycles. The predicted octanol–water partition coefficient (Wildman–Crippen LogP) is 1.57. The summed E-state index contributed by atoms with van der Waals surface area (Å²) in [4.78, 5) is 10.7. The lowest BCUT2D eigenvalue weighted by Crippen LogP contribution is -2.10. The monoisotopic (exact) mass is 143 g/mol. The van der Waals surface area contributed by atoms with Crippen LogP contribution in [0.25, 0.3) is 0 Å². The van der Waals surface area contributed by atoms with Gasteiger partial charge >= 0.3 is 0 Å². The topological polar surface area (TPSA) is 40.9 Å². The molecule has 50 valence electrons. The number of Topliss-reactive ketones (excluding diaryl/α,β-unsaturated/α-hetero) is 1. The predicted molar refractivity (Wildman–Crippen MR) is 38.0 cm³/mol. The van der Waals surface area contributed by atoms with Gasteiger partial charge in [0, 0.05) is 6.42 Å². The van der Waals surface area contributed by atoms with Crippen molar-refractivity contribution in [2.45, 2.75) is 25.5 Å². The van der Waals surface area contributed by atoms with Gasteiger partial charge in [-0.05, 0) is 18.7 Å². The van der Waals surface area contributed by atoms with Crippen molar-refractivity contribution in [3.63, 3.8) is 0 Å². The van der Waals surface area contributed by atoms with Crippen molar-refractivity contribution in [1.29, 1.82) is 5.26 Å². The third-order valence-electron chi connectivity index (χ3n) is 1.03. The fourth-order valence-electron chi connectivity index (χ4n) is 0.432. The van der Waals surface area contributed by atoms with Gasteiger partial charge in [0.15, 0.2) is 0 Å². The molecule has 0 bridgehead atoms. The molecule has 2 nitrogen and oxygen atoms in total. The van der Waals surface area contributed by atoms with Crippen LogP contribution in [0.4, 0.5) is 0 Å². The van der Waals surface area contributed by atoms with Gasteiger partial charge in [-0.3, -0.25) is 4.79 Å². The van der Waals surface area contributed by atoms with E-state index in [-0.39, 0.29) is 11.0 Å². The molecule has 0 spiro atoms. The zero-order valence-corrected chi connectivity index (χ0v) is 6.36. The second-order valence-electron chi connectivity index (χ2n) is 1.67. The Morgan fingerprint density at radius 2 is 2.44 bits per heavy atom. The minimum Gasteiger partial charge on any atom is -0.298 e. The molecule has 0 saturated carbocycles. The Bertz CT molecular complexity index is 138. The van der Waals surface area contributed by atoms with E-state index < -0.39 is 0 Å². The number of nitrogens with zero attached hydrogens (tertiary/aromatic N) is 1. The molecule has 0 amide bonds. The van der Waals surface area contributed by atoms with Crippen molar-refractivity contribution in [2.24, 2.45) is 0 Å². The lowest BCUT2D eigenvalue weighted by Gasteiger charge is -1.99. The van der Waals surface area contributed by atoms with Gasteiger partial charge in [0.1, 0.15) is 11.2 Å². The minimum absolute atomic E-state index is 0.140. The van der Waals surface area contributed by atoms with Gasteiger partial charge in [0.25, 0.3) is 0 Å². The lowest BCUT2D eigenvalue weighted by atomic mass is 10.2. The lowest BCUT2D eigenvalue weighted by molar-refractivity contribution is -0.117. The van der Waals surface area contributed by atoms with Crippen LogP contribution in [0, 0.1) is 10.7 Å². The van der Waals surface area contributed by atoms with Crippen LogP contribution >= 0.6 is 11.8 Å². The number of carbonyl (C=O) groups is 1. The van der Waals surface area contributed by atoms with E-state index in [0.717, 1.165) is 11.8 Å². The van der Waals surface area contributed by atoms with E-state index in [1.165, 1.54) is 0 Å². The van der Waals surface area contributed by atoms with Crippen LogP contribution in [0.2, 0.25) is 0 Å². The maximum atomic E-state index is 10.7.